The van der Waals surface area contributed by atoms with Gasteiger partial charge in [-0.15, -0.1) is 0 Å². The quantitative estimate of drug-likeness (QED) is 0.791. The highest BCUT2D eigenvalue weighted by atomic mass is 16.5. The molecule has 16 heavy (non-hydrogen) atoms. The summed E-state index contributed by atoms with van der Waals surface area (Å²) in [6, 6.07) is 0. The molecule has 0 aromatic heterocycles. The molecule has 0 aliphatic carbocycles. The number of ether oxygens (including phenoxy) is 2. The van der Waals surface area contributed by atoms with Gasteiger partial charge in [0.25, 0.3) is 5.91 Å². The maximum Gasteiger partial charge on any atom is 0.251 e. The molecule has 1 heterocycles. The zero-order valence-corrected chi connectivity index (χ0v) is 10.8. The molecular weight excluding hydrogens is 206 g/mol. The summed E-state index contributed by atoms with van der Waals surface area (Å²) >= 11 is 0. The molecule has 0 spiro atoms. The third-order valence-corrected chi connectivity index (χ3v) is 3.43. The Labute approximate surface area is 97.7 Å². The summed E-state index contributed by atoms with van der Waals surface area (Å²) in [6.07, 6.45) is 2.00. The van der Waals surface area contributed by atoms with Gasteiger partial charge in [-0.05, 0) is 32.1 Å². The van der Waals surface area contributed by atoms with Crippen LogP contribution in [0.2, 0.25) is 0 Å². The fourth-order valence-electron chi connectivity index (χ4n) is 1.64. The van der Waals surface area contributed by atoms with Crippen LogP contribution in [0.4, 0.5) is 0 Å². The second-order valence-electron chi connectivity index (χ2n) is 5.32. The Morgan fingerprint density at radius 1 is 1.44 bits per heavy atom. The monoisotopic (exact) mass is 229 g/mol. The van der Waals surface area contributed by atoms with Crippen LogP contribution in [0.15, 0.2) is 0 Å². The van der Waals surface area contributed by atoms with Crippen molar-refractivity contribution in [2.45, 2.75) is 39.2 Å². The van der Waals surface area contributed by atoms with E-state index in [4.69, 9.17) is 9.47 Å². The van der Waals surface area contributed by atoms with Gasteiger partial charge in [0.1, 0.15) is 5.60 Å². The molecule has 1 aliphatic heterocycles. The lowest BCUT2D eigenvalue weighted by Gasteiger charge is -2.34. The lowest BCUT2D eigenvalue weighted by atomic mass is 9.82. The Bertz CT molecular complexity index is 245. The highest BCUT2D eigenvalue weighted by Crippen LogP contribution is 2.28. The molecule has 0 atom stereocenters. The maximum atomic E-state index is 11.8. The van der Waals surface area contributed by atoms with Crippen LogP contribution >= 0.6 is 0 Å². The van der Waals surface area contributed by atoms with Crippen molar-refractivity contribution in [3.63, 3.8) is 0 Å². The van der Waals surface area contributed by atoms with Crippen LogP contribution in [0.5, 0.6) is 0 Å². The molecule has 0 aromatic carbocycles. The normalized spacial score (nSPS) is 20.5. The van der Waals surface area contributed by atoms with Gasteiger partial charge >= 0.3 is 0 Å². The van der Waals surface area contributed by atoms with Crippen LogP contribution < -0.4 is 5.32 Å². The van der Waals surface area contributed by atoms with Gasteiger partial charge in [0.05, 0.1) is 0 Å². The summed E-state index contributed by atoms with van der Waals surface area (Å²) in [4.78, 5) is 11.8. The first-order valence-corrected chi connectivity index (χ1v) is 5.81. The molecule has 4 nitrogen and oxygen atoms in total. The third-order valence-electron chi connectivity index (χ3n) is 3.43. The van der Waals surface area contributed by atoms with E-state index in [2.05, 4.69) is 12.2 Å². The minimum atomic E-state index is -0.748. The van der Waals surface area contributed by atoms with E-state index in [1.807, 2.05) is 0 Å². The van der Waals surface area contributed by atoms with Gasteiger partial charge < -0.3 is 14.8 Å². The number of rotatable bonds is 4. The molecule has 1 saturated heterocycles. The van der Waals surface area contributed by atoms with Crippen molar-refractivity contribution < 1.29 is 14.3 Å². The zero-order valence-electron chi connectivity index (χ0n) is 10.8. The zero-order chi connectivity index (χ0) is 12.2. The number of nitrogens with one attached hydrogen (secondary N) is 1. The summed E-state index contributed by atoms with van der Waals surface area (Å²) in [5, 5.41) is 2.96. The third kappa shape index (κ3) is 3.46. The first-order valence-electron chi connectivity index (χ1n) is 5.81. The smallest absolute Gasteiger partial charge is 0.251 e. The van der Waals surface area contributed by atoms with Gasteiger partial charge in [-0.2, -0.15) is 0 Å². The predicted octanol–water partition coefficient (Wildman–Crippen LogP) is 1.34. The molecule has 1 amide bonds. The Morgan fingerprint density at radius 2 is 2.00 bits per heavy atom. The topological polar surface area (TPSA) is 47.6 Å². The van der Waals surface area contributed by atoms with E-state index in [-0.39, 0.29) is 11.3 Å². The number of amides is 1. The van der Waals surface area contributed by atoms with E-state index >= 15 is 0 Å². The van der Waals surface area contributed by atoms with Gasteiger partial charge in [0.15, 0.2) is 0 Å². The molecule has 0 bridgehead atoms. The highest BCUT2D eigenvalue weighted by Gasteiger charge is 2.31. The number of hydrogen-bond donors (Lipinski definition) is 1. The van der Waals surface area contributed by atoms with Gasteiger partial charge in [-0.1, -0.05) is 6.92 Å². The second-order valence-corrected chi connectivity index (χ2v) is 5.32. The molecule has 0 saturated carbocycles. The Morgan fingerprint density at radius 3 is 2.50 bits per heavy atom. The van der Waals surface area contributed by atoms with Crippen LogP contribution in [0.3, 0.4) is 0 Å². The molecular formula is C12H23NO3. The summed E-state index contributed by atoms with van der Waals surface area (Å²) < 4.78 is 10.5. The van der Waals surface area contributed by atoms with Crippen LogP contribution in [-0.4, -0.2) is 38.4 Å². The van der Waals surface area contributed by atoms with E-state index in [1.54, 1.807) is 21.0 Å². The average Bonchev–Trinajstić information content (AvgIpc) is 2.27. The van der Waals surface area contributed by atoms with Crippen molar-refractivity contribution in [1.29, 1.82) is 0 Å². The average molecular weight is 229 g/mol. The minimum Gasteiger partial charge on any atom is -0.381 e. The first-order chi connectivity index (χ1) is 7.40. The second kappa shape index (κ2) is 5.15. The van der Waals surface area contributed by atoms with E-state index < -0.39 is 5.60 Å². The summed E-state index contributed by atoms with van der Waals surface area (Å²) in [5.41, 5.74) is -0.584. The fourth-order valence-corrected chi connectivity index (χ4v) is 1.64. The van der Waals surface area contributed by atoms with Crippen molar-refractivity contribution in [3.05, 3.63) is 0 Å². The molecule has 0 aromatic rings. The molecule has 1 N–H and O–H groups in total. The van der Waals surface area contributed by atoms with Crippen LogP contribution in [0, 0.1) is 5.41 Å². The fraction of sp³-hybridized carbons (Fsp3) is 0.917. The number of methoxy groups -OCH3 is 1. The summed E-state index contributed by atoms with van der Waals surface area (Å²) in [6.45, 7) is 8.01. The van der Waals surface area contributed by atoms with Crippen molar-refractivity contribution in [3.8, 4) is 0 Å². The van der Waals surface area contributed by atoms with E-state index in [1.165, 1.54) is 0 Å². The molecule has 1 fully saturated rings. The number of carbonyl (C=O) groups is 1. The van der Waals surface area contributed by atoms with Crippen LogP contribution in [-0.2, 0) is 14.3 Å². The highest BCUT2D eigenvalue weighted by molar-refractivity contribution is 5.84. The number of carbonyl (C=O) groups excluding carboxylic acids is 1. The van der Waals surface area contributed by atoms with Gasteiger partial charge in [-0.3, -0.25) is 4.79 Å². The maximum absolute atomic E-state index is 11.8. The lowest BCUT2D eigenvalue weighted by Crippen LogP contribution is -2.48. The summed E-state index contributed by atoms with van der Waals surface area (Å²) in [7, 11) is 1.55. The molecule has 4 heteroatoms. The van der Waals surface area contributed by atoms with Gasteiger partial charge in [0, 0.05) is 26.9 Å². The van der Waals surface area contributed by atoms with Crippen molar-refractivity contribution in [2.75, 3.05) is 26.9 Å². The van der Waals surface area contributed by atoms with Gasteiger partial charge in [-0.25, -0.2) is 0 Å². The lowest BCUT2D eigenvalue weighted by molar-refractivity contribution is -0.140. The van der Waals surface area contributed by atoms with E-state index in [9.17, 15) is 4.79 Å². The van der Waals surface area contributed by atoms with E-state index in [0.29, 0.717) is 6.54 Å². The first kappa shape index (κ1) is 13.5. The predicted molar refractivity (Wildman–Crippen MR) is 62.3 cm³/mol. The Kier molecular flexibility index (Phi) is 4.33. The minimum absolute atomic E-state index is 0.0530. The summed E-state index contributed by atoms with van der Waals surface area (Å²) in [5.74, 6) is -0.0530. The number of hydrogen-bond acceptors (Lipinski definition) is 3. The Hall–Kier alpha value is -0.610. The molecule has 1 rings (SSSR count). The van der Waals surface area contributed by atoms with Crippen molar-refractivity contribution in [2.24, 2.45) is 5.41 Å². The van der Waals surface area contributed by atoms with Crippen molar-refractivity contribution >= 4 is 5.91 Å². The van der Waals surface area contributed by atoms with E-state index in [0.717, 1.165) is 26.1 Å². The SMILES string of the molecule is COC(C)(C)C(=O)NCC1(C)CCOCC1. The molecule has 0 radical (unpaired) electrons. The molecule has 94 valence electrons. The van der Waals surface area contributed by atoms with Crippen molar-refractivity contribution in [1.82, 2.24) is 5.32 Å². The van der Waals surface area contributed by atoms with Crippen LogP contribution in [0.1, 0.15) is 33.6 Å². The molecule has 0 unspecified atom stereocenters. The largest absolute Gasteiger partial charge is 0.381 e. The molecule has 1 aliphatic rings. The van der Waals surface area contributed by atoms with Crippen LogP contribution in [0.25, 0.3) is 0 Å². The standard InChI is InChI=1S/C12H23NO3/c1-11(2,15-4)10(14)13-9-12(3)5-7-16-8-6-12/h5-9H2,1-4H3,(H,13,14). The Balaban J connectivity index is 2.41. The van der Waals surface area contributed by atoms with Gasteiger partial charge in [0.2, 0.25) is 0 Å².